The number of likely N-dealkylation sites (N-methyl/N-ethyl adjacent to an activating group) is 1. The summed E-state index contributed by atoms with van der Waals surface area (Å²) in [6.45, 7) is 0.607. The molecule has 3 heteroatoms. The number of fused-ring (bicyclic) bond motifs is 1. The summed E-state index contributed by atoms with van der Waals surface area (Å²) in [7, 11) is 1.84. The minimum Gasteiger partial charge on any atom is -0.381 e. The molecule has 0 atom stereocenters. The summed E-state index contributed by atoms with van der Waals surface area (Å²) < 4.78 is 0. The Labute approximate surface area is 102 Å². The minimum atomic E-state index is 0.607. The van der Waals surface area contributed by atoms with Gasteiger partial charge in [-0.25, -0.2) is 0 Å². The second-order valence-corrected chi connectivity index (χ2v) is 4.44. The molecule has 0 saturated carbocycles. The summed E-state index contributed by atoms with van der Waals surface area (Å²) in [5.41, 5.74) is 3.94. The number of hydrogen-bond donors (Lipinski definition) is 1. The average molecular weight is 232 g/mol. The summed E-state index contributed by atoms with van der Waals surface area (Å²) >= 11 is 5.10. The quantitative estimate of drug-likeness (QED) is 0.792. The second-order valence-electron chi connectivity index (χ2n) is 3.95. The molecular weight excluding hydrogens is 216 g/mol. The maximum atomic E-state index is 5.10. The normalized spacial score (nSPS) is 16.9. The first-order chi connectivity index (χ1) is 7.81. The number of nitrogens with one attached hydrogen (secondary N) is 1. The van der Waals surface area contributed by atoms with Crippen molar-refractivity contribution >= 4 is 22.9 Å². The molecule has 0 unspecified atom stereocenters. The topological polar surface area (TPSA) is 24.4 Å². The molecule has 2 nitrogen and oxygen atoms in total. The van der Waals surface area contributed by atoms with Crippen molar-refractivity contribution in [2.75, 3.05) is 13.6 Å². The van der Waals surface area contributed by atoms with Gasteiger partial charge in [0, 0.05) is 12.8 Å². The minimum absolute atomic E-state index is 0.607. The lowest BCUT2D eigenvalue weighted by molar-refractivity contribution is 0.836. The molecule has 0 radical (unpaired) electrons. The van der Waals surface area contributed by atoms with Crippen LogP contribution in [0.4, 0.5) is 0 Å². The summed E-state index contributed by atoms with van der Waals surface area (Å²) in [5.74, 6) is 0. The first-order valence-corrected chi connectivity index (χ1v) is 6.04. The molecule has 1 aromatic rings. The molecule has 0 aliphatic heterocycles. The third-order valence-corrected chi connectivity index (χ3v) is 3.21. The third kappa shape index (κ3) is 2.47. The van der Waals surface area contributed by atoms with Crippen LogP contribution in [-0.2, 0) is 6.42 Å². The predicted octanol–water partition coefficient (Wildman–Crippen LogP) is 2.36. The smallest absolute Gasteiger partial charge is 0.0968 e. The Morgan fingerprint density at radius 2 is 2.19 bits per heavy atom. The van der Waals surface area contributed by atoms with Gasteiger partial charge in [0.15, 0.2) is 0 Å². The second kappa shape index (κ2) is 5.21. The average Bonchev–Trinajstić information content (AvgIpc) is 2.35. The van der Waals surface area contributed by atoms with Gasteiger partial charge in [-0.2, -0.15) is 0 Å². The summed E-state index contributed by atoms with van der Waals surface area (Å²) in [6, 6.07) is 8.53. The molecule has 1 N–H and O–H groups in total. The molecule has 16 heavy (non-hydrogen) atoms. The van der Waals surface area contributed by atoms with Crippen LogP contribution in [0, 0.1) is 0 Å². The maximum Gasteiger partial charge on any atom is 0.0968 e. The first-order valence-electron chi connectivity index (χ1n) is 5.63. The van der Waals surface area contributed by atoms with Crippen LogP contribution in [0.2, 0.25) is 0 Å². The van der Waals surface area contributed by atoms with Gasteiger partial charge in [0.25, 0.3) is 0 Å². The maximum absolute atomic E-state index is 5.10. The fourth-order valence-electron chi connectivity index (χ4n) is 2.01. The van der Waals surface area contributed by atoms with Crippen LogP contribution in [0.3, 0.4) is 0 Å². The van der Waals surface area contributed by atoms with E-state index in [2.05, 4.69) is 34.6 Å². The van der Waals surface area contributed by atoms with Crippen molar-refractivity contribution in [3.8, 4) is 0 Å². The fourth-order valence-corrected chi connectivity index (χ4v) is 2.08. The lowest BCUT2D eigenvalue weighted by Crippen LogP contribution is -2.20. The van der Waals surface area contributed by atoms with Crippen LogP contribution < -0.4 is 5.32 Å². The molecule has 84 valence electrons. The summed E-state index contributed by atoms with van der Waals surface area (Å²) in [5, 5.41) is 2.95. The van der Waals surface area contributed by atoms with Gasteiger partial charge < -0.3 is 5.32 Å². The zero-order valence-corrected chi connectivity index (χ0v) is 10.3. The highest BCUT2D eigenvalue weighted by Gasteiger charge is 2.14. The van der Waals surface area contributed by atoms with Gasteiger partial charge in [-0.3, -0.25) is 4.99 Å². The lowest BCUT2D eigenvalue weighted by Gasteiger charge is -2.17. The standard InChI is InChI=1S/C13H16N2S/c1-14-13(16)9-15-12-8-4-6-10-5-2-3-7-11(10)12/h2-3,5,7H,4,6,8-9H2,1H3,(H,14,16). The number of aliphatic imine (C=N–C) groups is 1. The number of aryl methyl sites for hydroxylation is 1. The third-order valence-electron chi connectivity index (χ3n) is 2.88. The van der Waals surface area contributed by atoms with E-state index in [1.165, 1.54) is 29.7 Å². The van der Waals surface area contributed by atoms with Gasteiger partial charge in [-0.15, -0.1) is 0 Å². The van der Waals surface area contributed by atoms with E-state index in [1.54, 1.807) is 0 Å². The number of rotatable bonds is 2. The van der Waals surface area contributed by atoms with E-state index in [4.69, 9.17) is 12.2 Å². The van der Waals surface area contributed by atoms with Crippen LogP contribution >= 0.6 is 12.2 Å². The highest BCUT2D eigenvalue weighted by atomic mass is 32.1. The summed E-state index contributed by atoms with van der Waals surface area (Å²) in [6.07, 6.45) is 3.44. The number of thiocarbonyl (C=S) groups is 1. The number of benzene rings is 1. The van der Waals surface area contributed by atoms with E-state index in [1.807, 2.05) is 7.05 Å². The Kier molecular flexibility index (Phi) is 3.67. The van der Waals surface area contributed by atoms with E-state index < -0.39 is 0 Å². The molecule has 0 amide bonds. The van der Waals surface area contributed by atoms with E-state index >= 15 is 0 Å². The molecule has 1 aromatic carbocycles. The van der Waals surface area contributed by atoms with Gasteiger partial charge in [0.05, 0.1) is 11.5 Å². The van der Waals surface area contributed by atoms with Crippen molar-refractivity contribution in [1.29, 1.82) is 0 Å². The van der Waals surface area contributed by atoms with Crippen LogP contribution in [-0.4, -0.2) is 24.3 Å². The Morgan fingerprint density at radius 3 is 3.00 bits per heavy atom. The number of nitrogens with zero attached hydrogens (tertiary/aromatic N) is 1. The zero-order chi connectivity index (χ0) is 11.4. The molecule has 0 aromatic heterocycles. The van der Waals surface area contributed by atoms with Gasteiger partial charge >= 0.3 is 0 Å². The SMILES string of the molecule is CNC(=S)CN=C1CCCc2ccccc21. The number of hydrogen-bond acceptors (Lipinski definition) is 2. The van der Waals surface area contributed by atoms with E-state index in [9.17, 15) is 0 Å². The molecule has 0 heterocycles. The highest BCUT2D eigenvalue weighted by Crippen LogP contribution is 2.21. The van der Waals surface area contributed by atoms with Crippen molar-refractivity contribution in [3.63, 3.8) is 0 Å². The highest BCUT2D eigenvalue weighted by molar-refractivity contribution is 7.80. The van der Waals surface area contributed by atoms with Crippen molar-refractivity contribution in [2.45, 2.75) is 19.3 Å². The van der Waals surface area contributed by atoms with Gasteiger partial charge in [-0.05, 0) is 30.4 Å². The van der Waals surface area contributed by atoms with Crippen LogP contribution in [0.15, 0.2) is 29.3 Å². The molecule has 1 aliphatic rings. The molecular formula is C13H16N2S. The molecule has 0 spiro atoms. The van der Waals surface area contributed by atoms with E-state index in [0.717, 1.165) is 11.4 Å². The Balaban J connectivity index is 2.21. The van der Waals surface area contributed by atoms with Crippen LogP contribution in [0.25, 0.3) is 0 Å². The van der Waals surface area contributed by atoms with Crippen LogP contribution in [0.5, 0.6) is 0 Å². The Hall–Kier alpha value is -1.22. The largest absolute Gasteiger partial charge is 0.381 e. The molecule has 1 aliphatic carbocycles. The van der Waals surface area contributed by atoms with E-state index in [-0.39, 0.29) is 0 Å². The van der Waals surface area contributed by atoms with Crippen molar-refractivity contribution < 1.29 is 0 Å². The summed E-state index contributed by atoms with van der Waals surface area (Å²) in [4.78, 5) is 5.41. The van der Waals surface area contributed by atoms with Gasteiger partial charge in [-0.1, -0.05) is 36.5 Å². The molecule has 0 saturated heterocycles. The Bertz CT molecular complexity index is 424. The van der Waals surface area contributed by atoms with E-state index in [0.29, 0.717) is 6.54 Å². The van der Waals surface area contributed by atoms with Crippen molar-refractivity contribution in [1.82, 2.24) is 5.32 Å². The Morgan fingerprint density at radius 1 is 1.38 bits per heavy atom. The molecule has 2 rings (SSSR count). The predicted molar refractivity (Wildman–Crippen MR) is 72.4 cm³/mol. The monoisotopic (exact) mass is 232 g/mol. The molecule has 0 bridgehead atoms. The van der Waals surface area contributed by atoms with Crippen LogP contribution in [0.1, 0.15) is 24.0 Å². The van der Waals surface area contributed by atoms with Crippen molar-refractivity contribution in [3.05, 3.63) is 35.4 Å². The zero-order valence-electron chi connectivity index (χ0n) is 9.49. The van der Waals surface area contributed by atoms with Gasteiger partial charge in [0.2, 0.25) is 0 Å². The lowest BCUT2D eigenvalue weighted by atomic mass is 9.90. The van der Waals surface area contributed by atoms with Crippen molar-refractivity contribution in [2.24, 2.45) is 4.99 Å². The van der Waals surface area contributed by atoms with Gasteiger partial charge in [0.1, 0.15) is 0 Å². The first kappa shape index (κ1) is 11.3. The fraction of sp³-hybridized carbons (Fsp3) is 0.385. The molecule has 0 fully saturated rings.